The second-order valence-electron chi connectivity index (χ2n) is 9.18. The van der Waals surface area contributed by atoms with Gasteiger partial charge >= 0.3 is 0 Å². The fourth-order valence-electron chi connectivity index (χ4n) is 5.12. The zero-order valence-corrected chi connectivity index (χ0v) is 18.8. The van der Waals surface area contributed by atoms with Crippen molar-refractivity contribution in [3.63, 3.8) is 0 Å². The Labute approximate surface area is 181 Å². The van der Waals surface area contributed by atoms with E-state index in [0.717, 1.165) is 49.7 Å². The molecule has 0 atom stereocenters. The van der Waals surface area contributed by atoms with Crippen molar-refractivity contribution in [3.05, 3.63) is 52.8 Å². The molecule has 2 heterocycles. The van der Waals surface area contributed by atoms with Crippen LogP contribution in [0.15, 0.2) is 30.3 Å². The molecule has 162 valence electrons. The molecule has 2 aromatic rings. The predicted octanol–water partition coefficient (Wildman–Crippen LogP) is 4.61. The number of nitrogens with one attached hydrogen (secondary N) is 1. The summed E-state index contributed by atoms with van der Waals surface area (Å²) in [6.07, 6.45) is 6.39. The average Bonchev–Trinajstić information content (AvgIpc) is 3.05. The van der Waals surface area contributed by atoms with Crippen LogP contribution in [0.25, 0.3) is 0 Å². The van der Waals surface area contributed by atoms with Gasteiger partial charge in [-0.15, -0.1) is 0 Å². The lowest BCUT2D eigenvalue weighted by atomic mass is 9.95. The number of aryl methyl sites for hydroxylation is 1. The largest absolute Gasteiger partial charge is 0.345 e. The van der Waals surface area contributed by atoms with Crippen LogP contribution in [0.5, 0.6) is 0 Å². The molecule has 1 aromatic heterocycles. The Kier molecular flexibility index (Phi) is 6.59. The molecule has 1 aliphatic carbocycles. The summed E-state index contributed by atoms with van der Waals surface area (Å²) in [5.74, 6) is 0.00177. The third-order valence-corrected chi connectivity index (χ3v) is 6.86. The molecule has 0 spiro atoms. The Bertz CT molecular complexity index is 873. The van der Waals surface area contributed by atoms with Gasteiger partial charge in [0.25, 0.3) is 5.91 Å². The standard InChI is InChI=1S/C25H36N4O/c1-19-16-24(20(2)29(19)23-10-5-4-6-11-23)25(30)26-22-9-7-8-21(17-22)18-28-14-12-27(3)13-15-28/h7-9,16-17,23H,4-6,10-15,18H2,1-3H3,(H,26,30). The average molecular weight is 409 g/mol. The molecule has 4 rings (SSSR count). The third kappa shape index (κ3) is 4.79. The van der Waals surface area contributed by atoms with E-state index >= 15 is 0 Å². The van der Waals surface area contributed by atoms with Crippen molar-refractivity contribution >= 4 is 11.6 Å². The summed E-state index contributed by atoms with van der Waals surface area (Å²) in [4.78, 5) is 17.9. The highest BCUT2D eigenvalue weighted by Gasteiger charge is 2.22. The van der Waals surface area contributed by atoms with Crippen molar-refractivity contribution in [1.82, 2.24) is 14.4 Å². The molecule has 2 fully saturated rings. The van der Waals surface area contributed by atoms with E-state index in [1.807, 2.05) is 12.1 Å². The van der Waals surface area contributed by atoms with E-state index in [1.165, 1.54) is 43.4 Å². The van der Waals surface area contributed by atoms with Crippen LogP contribution in [0.2, 0.25) is 0 Å². The number of anilines is 1. The highest BCUT2D eigenvalue weighted by Crippen LogP contribution is 2.32. The van der Waals surface area contributed by atoms with Gasteiger partial charge in [0.1, 0.15) is 0 Å². The predicted molar refractivity (Wildman–Crippen MR) is 123 cm³/mol. The van der Waals surface area contributed by atoms with Gasteiger partial charge in [-0.3, -0.25) is 9.69 Å². The van der Waals surface area contributed by atoms with Crippen LogP contribution in [0.3, 0.4) is 0 Å². The maximum Gasteiger partial charge on any atom is 0.257 e. The van der Waals surface area contributed by atoms with Crippen molar-refractivity contribution in [2.24, 2.45) is 0 Å². The fraction of sp³-hybridized carbons (Fsp3) is 0.560. The number of benzene rings is 1. The van der Waals surface area contributed by atoms with Crippen LogP contribution in [-0.4, -0.2) is 53.5 Å². The van der Waals surface area contributed by atoms with Gasteiger partial charge in [0.2, 0.25) is 0 Å². The van der Waals surface area contributed by atoms with E-state index in [4.69, 9.17) is 0 Å². The van der Waals surface area contributed by atoms with Crippen LogP contribution in [-0.2, 0) is 6.54 Å². The van der Waals surface area contributed by atoms with Gasteiger partial charge in [-0.25, -0.2) is 0 Å². The summed E-state index contributed by atoms with van der Waals surface area (Å²) in [7, 11) is 2.18. The molecule has 5 nitrogen and oxygen atoms in total. The molecule has 1 saturated heterocycles. The quantitative estimate of drug-likeness (QED) is 0.785. The molecule has 0 radical (unpaired) electrons. The van der Waals surface area contributed by atoms with E-state index < -0.39 is 0 Å². The second kappa shape index (κ2) is 9.36. The van der Waals surface area contributed by atoms with Crippen molar-refractivity contribution in [2.45, 2.75) is 58.5 Å². The molecular weight excluding hydrogens is 372 g/mol. The minimum absolute atomic E-state index is 0.00177. The molecule has 0 bridgehead atoms. The van der Waals surface area contributed by atoms with E-state index in [-0.39, 0.29) is 5.91 Å². The van der Waals surface area contributed by atoms with Crippen molar-refractivity contribution in [3.8, 4) is 0 Å². The number of rotatable bonds is 5. The number of amides is 1. The number of carbonyl (C=O) groups is 1. The fourth-order valence-corrected chi connectivity index (χ4v) is 5.12. The molecule has 0 unspecified atom stereocenters. The number of hydrogen-bond acceptors (Lipinski definition) is 3. The van der Waals surface area contributed by atoms with Crippen LogP contribution >= 0.6 is 0 Å². The maximum absolute atomic E-state index is 13.1. The van der Waals surface area contributed by atoms with Gasteiger partial charge in [-0.1, -0.05) is 31.4 Å². The third-order valence-electron chi connectivity index (χ3n) is 6.86. The zero-order valence-electron chi connectivity index (χ0n) is 18.8. The van der Waals surface area contributed by atoms with Gasteiger partial charge in [-0.05, 0) is 57.5 Å². The normalized spacial score (nSPS) is 19.2. The van der Waals surface area contributed by atoms with Crippen molar-refractivity contribution < 1.29 is 4.79 Å². The summed E-state index contributed by atoms with van der Waals surface area (Å²) in [5.41, 5.74) is 5.25. The number of carbonyl (C=O) groups excluding carboxylic acids is 1. The van der Waals surface area contributed by atoms with Crippen molar-refractivity contribution in [1.29, 1.82) is 0 Å². The molecule has 1 N–H and O–H groups in total. The topological polar surface area (TPSA) is 40.5 Å². The van der Waals surface area contributed by atoms with Crippen LogP contribution in [0, 0.1) is 13.8 Å². The first-order chi connectivity index (χ1) is 14.5. The monoisotopic (exact) mass is 408 g/mol. The number of hydrogen-bond donors (Lipinski definition) is 1. The first kappa shape index (κ1) is 21.1. The molecule has 1 aliphatic heterocycles. The minimum Gasteiger partial charge on any atom is -0.345 e. The summed E-state index contributed by atoms with van der Waals surface area (Å²) in [6, 6.07) is 10.9. The van der Waals surface area contributed by atoms with Gasteiger partial charge in [-0.2, -0.15) is 0 Å². The van der Waals surface area contributed by atoms with Crippen molar-refractivity contribution in [2.75, 3.05) is 38.5 Å². The Balaban J connectivity index is 1.44. The first-order valence-electron chi connectivity index (χ1n) is 11.5. The lowest BCUT2D eigenvalue weighted by molar-refractivity contribution is 0.102. The summed E-state index contributed by atoms with van der Waals surface area (Å²) >= 11 is 0. The van der Waals surface area contributed by atoms with Crippen LogP contribution < -0.4 is 5.32 Å². The smallest absolute Gasteiger partial charge is 0.257 e. The second-order valence-corrected chi connectivity index (χ2v) is 9.18. The Morgan fingerprint density at radius 1 is 1.03 bits per heavy atom. The molecular formula is C25H36N4O. The Morgan fingerprint density at radius 3 is 2.50 bits per heavy atom. The number of likely N-dealkylation sites (N-methyl/N-ethyl adjacent to an activating group) is 1. The molecule has 30 heavy (non-hydrogen) atoms. The Morgan fingerprint density at radius 2 is 1.77 bits per heavy atom. The van der Waals surface area contributed by atoms with Gasteiger partial charge in [0, 0.05) is 55.8 Å². The van der Waals surface area contributed by atoms with E-state index in [2.05, 4.69) is 58.8 Å². The van der Waals surface area contributed by atoms with E-state index in [9.17, 15) is 4.79 Å². The lowest BCUT2D eigenvalue weighted by Crippen LogP contribution is -2.43. The zero-order chi connectivity index (χ0) is 21.1. The van der Waals surface area contributed by atoms with Crippen LogP contribution in [0.1, 0.15) is 65.5 Å². The van der Waals surface area contributed by atoms with E-state index in [1.54, 1.807) is 0 Å². The molecule has 2 aliphatic rings. The van der Waals surface area contributed by atoms with Crippen LogP contribution in [0.4, 0.5) is 5.69 Å². The summed E-state index contributed by atoms with van der Waals surface area (Å²) in [5, 5.41) is 3.15. The molecule has 1 saturated carbocycles. The molecule has 1 amide bonds. The summed E-state index contributed by atoms with van der Waals surface area (Å²) in [6.45, 7) is 9.60. The lowest BCUT2D eigenvalue weighted by Gasteiger charge is -2.32. The maximum atomic E-state index is 13.1. The van der Waals surface area contributed by atoms with Gasteiger partial charge in [0.05, 0.1) is 5.56 Å². The Hall–Kier alpha value is -2.11. The molecule has 5 heteroatoms. The highest BCUT2D eigenvalue weighted by atomic mass is 16.1. The van der Waals surface area contributed by atoms with Gasteiger partial charge in [0.15, 0.2) is 0 Å². The number of piperazine rings is 1. The number of nitrogens with zero attached hydrogens (tertiary/aromatic N) is 3. The number of aromatic nitrogens is 1. The van der Waals surface area contributed by atoms with E-state index in [0.29, 0.717) is 6.04 Å². The highest BCUT2D eigenvalue weighted by molar-refractivity contribution is 6.05. The molecule has 1 aromatic carbocycles. The minimum atomic E-state index is 0.00177. The van der Waals surface area contributed by atoms with Gasteiger partial charge < -0.3 is 14.8 Å². The first-order valence-corrected chi connectivity index (χ1v) is 11.5. The summed E-state index contributed by atoms with van der Waals surface area (Å²) < 4.78 is 2.40. The SMILES string of the molecule is Cc1cc(C(=O)Nc2cccc(CN3CCN(C)CC3)c2)c(C)n1C1CCCCC1.